The molecule has 1 aliphatic carbocycles. The molecule has 21 heavy (non-hydrogen) atoms. The van der Waals surface area contributed by atoms with E-state index in [-0.39, 0.29) is 12.4 Å². The number of aliphatic hydroxyl groups excluding tert-OH is 4. The normalized spacial score (nSPS) is 36.5. The molecule has 0 aromatic heterocycles. The summed E-state index contributed by atoms with van der Waals surface area (Å²) in [6.45, 7) is -0.248. The topological polar surface area (TPSA) is 139 Å². The van der Waals surface area contributed by atoms with Gasteiger partial charge in [0.1, 0.15) is 17.8 Å². The maximum absolute atomic E-state index is 10.9. The van der Waals surface area contributed by atoms with Crippen molar-refractivity contribution in [3.05, 3.63) is 0 Å². The van der Waals surface area contributed by atoms with Gasteiger partial charge in [0.25, 0.3) is 0 Å². The van der Waals surface area contributed by atoms with E-state index >= 15 is 0 Å². The summed E-state index contributed by atoms with van der Waals surface area (Å²) in [5.74, 6) is -0.291. The Morgan fingerprint density at radius 2 is 1.95 bits per heavy atom. The van der Waals surface area contributed by atoms with E-state index in [9.17, 15) is 25.2 Å². The van der Waals surface area contributed by atoms with Crippen LogP contribution in [0, 0.1) is 0 Å². The molecule has 0 aromatic rings. The lowest BCUT2D eigenvalue weighted by Crippen LogP contribution is -2.66. The number of ether oxygens (including phenoxy) is 1. The van der Waals surface area contributed by atoms with Gasteiger partial charge in [0.2, 0.25) is 0 Å². The Morgan fingerprint density at radius 1 is 1.29 bits per heavy atom. The largest absolute Gasteiger partial charge is 0.469 e. The van der Waals surface area contributed by atoms with Crippen LogP contribution in [-0.2, 0) is 9.53 Å². The van der Waals surface area contributed by atoms with Crippen LogP contribution in [0.25, 0.3) is 0 Å². The number of rotatable bonds is 7. The Kier molecular flexibility index (Phi) is 6.98. The number of methoxy groups -OCH3 is 1. The first kappa shape index (κ1) is 18.3. The SMILES string of the molecule is COC(=O)CCCCN[C@H]1C[C@](O)(CO)[C@@H](O)[C@H](O)[C@H]1O. The summed E-state index contributed by atoms with van der Waals surface area (Å²) in [6.07, 6.45) is -2.91. The quantitative estimate of drug-likeness (QED) is 0.224. The van der Waals surface area contributed by atoms with Crippen LogP contribution < -0.4 is 5.32 Å². The molecule has 0 aromatic carbocycles. The molecule has 0 spiro atoms. The molecule has 0 bridgehead atoms. The second-order valence-corrected chi connectivity index (χ2v) is 5.49. The Labute approximate surface area is 123 Å². The van der Waals surface area contributed by atoms with Crippen molar-refractivity contribution in [1.82, 2.24) is 5.32 Å². The molecule has 1 saturated carbocycles. The summed E-state index contributed by atoms with van der Waals surface area (Å²) >= 11 is 0. The van der Waals surface area contributed by atoms with Crippen LogP contribution in [0.4, 0.5) is 0 Å². The van der Waals surface area contributed by atoms with Crippen LogP contribution in [0.2, 0.25) is 0 Å². The molecule has 6 N–H and O–H groups in total. The zero-order valence-electron chi connectivity index (χ0n) is 12.1. The molecule has 8 nitrogen and oxygen atoms in total. The number of carbonyl (C=O) groups is 1. The molecule has 1 aliphatic rings. The van der Waals surface area contributed by atoms with Gasteiger partial charge in [0.15, 0.2) is 0 Å². The van der Waals surface area contributed by atoms with Crippen molar-refractivity contribution in [1.29, 1.82) is 0 Å². The van der Waals surface area contributed by atoms with Crippen molar-refractivity contribution >= 4 is 5.97 Å². The monoisotopic (exact) mass is 307 g/mol. The predicted octanol–water partition coefficient (Wildman–Crippen LogP) is -2.50. The fourth-order valence-corrected chi connectivity index (χ4v) is 2.50. The molecule has 0 saturated heterocycles. The molecule has 5 atom stereocenters. The summed E-state index contributed by atoms with van der Waals surface area (Å²) in [6, 6.07) is -0.654. The van der Waals surface area contributed by atoms with E-state index in [1.165, 1.54) is 7.11 Å². The average molecular weight is 307 g/mol. The Morgan fingerprint density at radius 3 is 2.52 bits per heavy atom. The van der Waals surface area contributed by atoms with Crippen LogP contribution in [0.5, 0.6) is 0 Å². The number of aliphatic hydroxyl groups is 5. The highest BCUT2D eigenvalue weighted by Gasteiger charge is 2.50. The van der Waals surface area contributed by atoms with Gasteiger partial charge in [-0.15, -0.1) is 0 Å². The van der Waals surface area contributed by atoms with E-state index in [0.717, 1.165) is 0 Å². The zero-order valence-corrected chi connectivity index (χ0v) is 12.1. The van der Waals surface area contributed by atoms with Crippen molar-refractivity contribution in [2.45, 2.75) is 55.6 Å². The molecule has 1 rings (SSSR count). The van der Waals surface area contributed by atoms with Crippen LogP contribution in [0.15, 0.2) is 0 Å². The summed E-state index contributed by atoms with van der Waals surface area (Å²) in [7, 11) is 1.32. The third-order valence-electron chi connectivity index (χ3n) is 3.93. The van der Waals surface area contributed by atoms with Gasteiger partial charge in [-0.2, -0.15) is 0 Å². The van der Waals surface area contributed by atoms with Crippen LogP contribution in [0.1, 0.15) is 25.7 Å². The van der Waals surface area contributed by atoms with Crippen molar-refractivity contribution in [2.75, 3.05) is 20.3 Å². The van der Waals surface area contributed by atoms with E-state index in [2.05, 4.69) is 10.1 Å². The summed E-state index contributed by atoms with van der Waals surface area (Å²) in [5, 5.41) is 51.4. The second-order valence-electron chi connectivity index (χ2n) is 5.49. The van der Waals surface area contributed by atoms with Gasteiger partial charge < -0.3 is 35.6 Å². The summed E-state index contributed by atoms with van der Waals surface area (Å²) in [4.78, 5) is 10.9. The minimum absolute atomic E-state index is 0.0834. The minimum atomic E-state index is -1.84. The third kappa shape index (κ3) is 4.60. The number of hydrogen-bond acceptors (Lipinski definition) is 8. The van der Waals surface area contributed by atoms with Gasteiger partial charge in [0, 0.05) is 12.5 Å². The molecule has 0 amide bonds. The van der Waals surface area contributed by atoms with E-state index < -0.39 is 36.6 Å². The van der Waals surface area contributed by atoms with Crippen LogP contribution in [-0.4, -0.2) is 81.7 Å². The lowest BCUT2D eigenvalue weighted by Gasteiger charge is -2.45. The Bertz CT molecular complexity index is 340. The lowest BCUT2D eigenvalue weighted by atomic mass is 9.76. The fourth-order valence-electron chi connectivity index (χ4n) is 2.50. The van der Waals surface area contributed by atoms with Gasteiger partial charge in [-0.3, -0.25) is 4.79 Å². The number of carbonyl (C=O) groups excluding carboxylic acids is 1. The highest BCUT2D eigenvalue weighted by molar-refractivity contribution is 5.68. The summed E-state index contributed by atoms with van der Waals surface area (Å²) < 4.78 is 4.51. The number of hydrogen-bond donors (Lipinski definition) is 6. The molecule has 8 heteroatoms. The first-order valence-corrected chi connectivity index (χ1v) is 7.03. The molecule has 0 aliphatic heterocycles. The highest BCUT2D eigenvalue weighted by atomic mass is 16.5. The van der Waals surface area contributed by atoms with E-state index in [1.807, 2.05) is 0 Å². The van der Waals surface area contributed by atoms with Crippen molar-refractivity contribution in [2.24, 2.45) is 0 Å². The zero-order chi connectivity index (χ0) is 16.0. The molecule has 1 fully saturated rings. The van der Waals surface area contributed by atoms with Gasteiger partial charge in [-0.25, -0.2) is 0 Å². The van der Waals surface area contributed by atoms with E-state index in [1.54, 1.807) is 0 Å². The van der Waals surface area contributed by atoms with Gasteiger partial charge >= 0.3 is 5.97 Å². The molecular formula is C13H25NO7. The van der Waals surface area contributed by atoms with Crippen molar-refractivity contribution in [3.63, 3.8) is 0 Å². The van der Waals surface area contributed by atoms with Crippen LogP contribution in [0.3, 0.4) is 0 Å². The molecular weight excluding hydrogens is 282 g/mol. The standard InChI is InChI=1S/C13H25NO7/c1-21-9(16)4-2-3-5-14-8-6-13(20,7-15)12(19)11(18)10(8)17/h8,10-12,14-15,17-20H,2-7H2,1H3/t8-,10-,11+,12-,13-/m0/s1. The predicted molar refractivity (Wildman–Crippen MR) is 72.3 cm³/mol. The number of nitrogens with one attached hydrogen (secondary N) is 1. The van der Waals surface area contributed by atoms with Gasteiger partial charge in [0.05, 0.1) is 19.8 Å². The van der Waals surface area contributed by atoms with Crippen LogP contribution >= 0.6 is 0 Å². The van der Waals surface area contributed by atoms with Crippen molar-refractivity contribution in [3.8, 4) is 0 Å². The molecule has 0 heterocycles. The highest BCUT2D eigenvalue weighted by Crippen LogP contribution is 2.29. The van der Waals surface area contributed by atoms with Crippen molar-refractivity contribution < 1.29 is 35.1 Å². The number of esters is 1. The average Bonchev–Trinajstić information content (AvgIpc) is 2.49. The molecule has 124 valence electrons. The second kappa shape index (κ2) is 8.02. The Hall–Kier alpha value is -0.770. The smallest absolute Gasteiger partial charge is 0.305 e. The lowest BCUT2D eigenvalue weighted by molar-refractivity contribution is -0.206. The van der Waals surface area contributed by atoms with Gasteiger partial charge in [-0.05, 0) is 25.8 Å². The Balaban J connectivity index is 2.41. The minimum Gasteiger partial charge on any atom is -0.469 e. The third-order valence-corrected chi connectivity index (χ3v) is 3.93. The van der Waals surface area contributed by atoms with Gasteiger partial charge in [-0.1, -0.05) is 0 Å². The first-order valence-electron chi connectivity index (χ1n) is 7.03. The molecule has 0 unspecified atom stereocenters. The first-order chi connectivity index (χ1) is 9.85. The summed E-state index contributed by atoms with van der Waals surface area (Å²) in [5.41, 5.74) is -1.84. The molecule has 0 radical (unpaired) electrons. The fraction of sp³-hybridized carbons (Fsp3) is 0.923. The van der Waals surface area contributed by atoms with E-state index in [4.69, 9.17) is 5.11 Å². The maximum atomic E-state index is 10.9. The maximum Gasteiger partial charge on any atom is 0.305 e. The number of unbranched alkanes of at least 4 members (excludes halogenated alkanes) is 1. The van der Waals surface area contributed by atoms with E-state index in [0.29, 0.717) is 25.8 Å².